The molecule has 3 heterocycles. The van der Waals surface area contributed by atoms with E-state index in [0.717, 1.165) is 38.4 Å². The van der Waals surface area contributed by atoms with Gasteiger partial charge in [0.1, 0.15) is 0 Å². The lowest BCUT2D eigenvalue weighted by Gasteiger charge is -2.34. The second kappa shape index (κ2) is 6.39. The maximum Gasteiger partial charge on any atom is 0.358 e. The molecule has 0 amide bonds. The number of nitrogens with zero attached hydrogens (tertiary/aromatic N) is 3. The van der Waals surface area contributed by atoms with E-state index in [2.05, 4.69) is 19.8 Å². The highest BCUT2D eigenvalue weighted by molar-refractivity contribution is 5.86. The third-order valence-electron chi connectivity index (χ3n) is 4.40. The first-order valence-corrected chi connectivity index (χ1v) is 7.56. The highest BCUT2D eigenvalue weighted by atomic mass is 16.5. The van der Waals surface area contributed by atoms with Crippen LogP contribution in [0.3, 0.4) is 0 Å². The second-order valence-corrected chi connectivity index (χ2v) is 5.64. The predicted octanol–water partition coefficient (Wildman–Crippen LogP) is 1.66. The highest BCUT2D eigenvalue weighted by Crippen LogP contribution is 2.30. The van der Waals surface area contributed by atoms with Crippen LogP contribution in [0.5, 0.6) is 0 Å². The number of hydrogen-bond donors (Lipinski definition) is 0. The lowest BCUT2D eigenvalue weighted by atomic mass is 9.90. The van der Waals surface area contributed by atoms with Gasteiger partial charge in [0.15, 0.2) is 11.5 Å². The fraction of sp³-hybridized carbons (Fsp3) is 0.667. The van der Waals surface area contributed by atoms with Crippen molar-refractivity contribution < 1.29 is 14.3 Å². The average molecular weight is 291 g/mol. The maximum absolute atomic E-state index is 11.3. The average Bonchev–Trinajstić information content (AvgIpc) is 3.09. The normalized spacial score (nSPS) is 23.3. The van der Waals surface area contributed by atoms with Crippen LogP contribution in [0.15, 0.2) is 12.1 Å². The quantitative estimate of drug-likeness (QED) is 0.789. The molecule has 2 fully saturated rings. The molecule has 2 aliphatic rings. The molecule has 6 heteroatoms. The first kappa shape index (κ1) is 14.3. The number of carbonyl (C=O) groups is 1. The van der Waals surface area contributed by atoms with E-state index in [1.54, 1.807) is 6.07 Å². The SMILES string of the molecule is COC(=O)c1ccc(N2CCC(C3CCCO3)CC2)nn1. The summed E-state index contributed by atoms with van der Waals surface area (Å²) in [5.74, 6) is 1.05. The van der Waals surface area contributed by atoms with E-state index in [4.69, 9.17) is 4.74 Å². The van der Waals surface area contributed by atoms with Gasteiger partial charge in [0.25, 0.3) is 0 Å². The minimum atomic E-state index is -0.453. The minimum absolute atomic E-state index is 0.246. The molecule has 114 valence electrons. The minimum Gasteiger partial charge on any atom is -0.464 e. The van der Waals surface area contributed by atoms with Crippen molar-refractivity contribution in [2.24, 2.45) is 5.92 Å². The molecular weight excluding hydrogens is 270 g/mol. The zero-order valence-electron chi connectivity index (χ0n) is 12.3. The molecular formula is C15H21N3O3. The molecule has 3 rings (SSSR count). The number of methoxy groups -OCH3 is 1. The third-order valence-corrected chi connectivity index (χ3v) is 4.40. The number of ether oxygens (including phenoxy) is 2. The van der Waals surface area contributed by atoms with Crippen LogP contribution in [0.1, 0.15) is 36.2 Å². The first-order valence-electron chi connectivity index (χ1n) is 7.56. The van der Waals surface area contributed by atoms with E-state index in [9.17, 15) is 4.79 Å². The van der Waals surface area contributed by atoms with Crippen molar-refractivity contribution in [1.82, 2.24) is 10.2 Å². The summed E-state index contributed by atoms with van der Waals surface area (Å²) >= 11 is 0. The van der Waals surface area contributed by atoms with Gasteiger partial charge in [0, 0.05) is 19.7 Å². The summed E-state index contributed by atoms with van der Waals surface area (Å²) in [5.41, 5.74) is 0.246. The van der Waals surface area contributed by atoms with Crippen LogP contribution in [0, 0.1) is 5.92 Å². The van der Waals surface area contributed by atoms with Crippen molar-refractivity contribution in [1.29, 1.82) is 0 Å². The van der Waals surface area contributed by atoms with Gasteiger partial charge in [0.05, 0.1) is 13.2 Å². The van der Waals surface area contributed by atoms with Crippen LogP contribution in [-0.2, 0) is 9.47 Å². The van der Waals surface area contributed by atoms with Gasteiger partial charge in [-0.3, -0.25) is 0 Å². The second-order valence-electron chi connectivity index (χ2n) is 5.64. The fourth-order valence-corrected chi connectivity index (χ4v) is 3.18. The zero-order valence-corrected chi connectivity index (χ0v) is 12.3. The molecule has 6 nitrogen and oxygen atoms in total. The molecule has 2 saturated heterocycles. The standard InChI is InChI=1S/C15H21N3O3/c1-20-15(19)12-4-5-14(17-16-12)18-8-6-11(7-9-18)13-3-2-10-21-13/h4-5,11,13H,2-3,6-10H2,1H3. The molecule has 1 aromatic heterocycles. The zero-order chi connectivity index (χ0) is 14.7. The summed E-state index contributed by atoms with van der Waals surface area (Å²) in [4.78, 5) is 13.6. The fourth-order valence-electron chi connectivity index (χ4n) is 3.18. The molecule has 21 heavy (non-hydrogen) atoms. The Morgan fingerprint density at radius 3 is 2.67 bits per heavy atom. The molecule has 0 spiro atoms. The molecule has 1 aromatic rings. The predicted molar refractivity (Wildman–Crippen MR) is 77.3 cm³/mol. The number of rotatable bonds is 3. The Balaban J connectivity index is 1.57. The van der Waals surface area contributed by atoms with Gasteiger partial charge in [0.2, 0.25) is 0 Å². The van der Waals surface area contributed by atoms with Crippen molar-refractivity contribution in [2.45, 2.75) is 31.8 Å². The molecule has 0 bridgehead atoms. The Morgan fingerprint density at radius 1 is 1.29 bits per heavy atom. The van der Waals surface area contributed by atoms with Gasteiger partial charge < -0.3 is 14.4 Å². The Labute approximate surface area is 124 Å². The maximum atomic E-state index is 11.3. The van der Waals surface area contributed by atoms with E-state index in [0.29, 0.717) is 12.0 Å². The summed E-state index contributed by atoms with van der Waals surface area (Å²) in [6, 6.07) is 3.51. The van der Waals surface area contributed by atoms with Crippen LogP contribution < -0.4 is 4.90 Å². The Bertz CT molecular complexity index is 477. The molecule has 0 aliphatic carbocycles. The molecule has 0 N–H and O–H groups in total. The summed E-state index contributed by atoms with van der Waals surface area (Å²) in [6.45, 7) is 2.86. The Morgan fingerprint density at radius 2 is 2.10 bits per heavy atom. The van der Waals surface area contributed by atoms with E-state index in [-0.39, 0.29) is 5.69 Å². The molecule has 0 aromatic carbocycles. The van der Waals surface area contributed by atoms with Crippen molar-refractivity contribution in [3.8, 4) is 0 Å². The van der Waals surface area contributed by atoms with Crippen molar-refractivity contribution >= 4 is 11.8 Å². The topological polar surface area (TPSA) is 64.5 Å². The van der Waals surface area contributed by atoms with Crippen LogP contribution in [0.25, 0.3) is 0 Å². The van der Waals surface area contributed by atoms with Crippen LogP contribution >= 0.6 is 0 Å². The van der Waals surface area contributed by atoms with Gasteiger partial charge >= 0.3 is 5.97 Å². The summed E-state index contributed by atoms with van der Waals surface area (Å²) in [5, 5.41) is 8.07. The van der Waals surface area contributed by atoms with Crippen LogP contribution in [-0.4, -0.2) is 49.1 Å². The lowest BCUT2D eigenvalue weighted by Crippen LogP contribution is -2.38. The van der Waals surface area contributed by atoms with Crippen LogP contribution in [0.4, 0.5) is 5.82 Å². The number of anilines is 1. The highest BCUT2D eigenvalue weighted by Gasteiger charge is 2.29. The Kier molecular flexibility index (Phi) is 4.34. The van der Waals surface area contributed by atoms with Gasteiger partial charge in [-0.15, -0.1) is 10.2 Å². The van der Waals surface area contributed by atoms with Gasteiger partial charge in [-0.05, 0) is 43.7 Å². The Hall–Kier alpha value is -1.69. The number of piperidine rings is 1. The lowest BCUT2D eigenvalue weighted by molar-refractivity contribution is 0.0530. The molecule has 1 unspecified atom stereocenters. The van der Waals surface area contributed by atoms with Gasteiger partial charge in [-0.1, -0.05) is 0 Å². The number of hydrogen-bond acceptors (Lipinski definition) is 6. The van der Waals surface area contributed by atoms with Crippen molar-refractivity contribution in [3.05, 3.63) is 17.8 Å². The van der Waals surface area contributed by atoms with E-state index < -0.39 is 5.97 Å². The van der Waals surface area contributed by atoms with E-state index in [1.165, 1.54) is 20.0 Å². The summed E-state index contributed by atoms with van der Waals surface area (Å²) in [6.07, 6.45) is 5.12. The molecule has 2 aliphatic heterocycles. The molecule has 0 radical (unpaired) electrons. The van der Waals surface area contributed by atoms with Crippen molar-refractivity contribution in [2.75, 3.05) is 31.7 Å². The smallest absolute Gasteiger partial charge is 0.358 e. The van der Waals surface area contributed by atoms with Gasteiger partial charge in [-0.25, -0.2) is 4.79 Å². The number of esters is 1. The summed E-state index contributed by atoms with van der Waals surface area (Å²) < 4.78 is 10.4. The van der Waals surface area contributed by atoms with E-state index in [1.807, 2.05) is 6.07 Å². The number of carbonyl (C=O) groups excluding carboxylic acids is 1. The summed E-state index contributed by atoms with van der Waals surface area (Å²) in [7, 11) is 1.34. The van der Waals surface area contributed by atoms with Gasteiger partial charge in [-0.2, -0.15) is 0 Å². The third kappa shape index (κ3) is 3.15. The molecule has 0 saturated carbocycles. The van der Waals surface area contributed by atoms with E-state index >= 15 is 0 Å². The largest absolute Gasteiger partial charge is 0.464 e. The monoisotopic (exact) mass is 291 g/mol. The van der Waals surface area contributed by atoms with Crippen molar-refractivity contribution in [3.63, 3.8) is 0 Å². The molecule has 1 atom stereocenters. The number of aromatic nitrogens is 2. The van der Waals surface area contributed by atoms with Crippen LogP contribution in [0.2, 0.25) is 0 Å². The first-order chi connectivity index (χ1) is 10.3.